The molecule has 0 aromatic heterocycles. The molecule has 0 spiro atoms. The molecule has 0 saturated heterocycles. The summed E-state index contributed by atoms with van der Waals surface area (Å²) in [5.74, 6) is 0. The number of alkyl halides is 1. The summed E-state index contributed by atoms with van der Waals surface area (Å²) < 4.78 is 1.23. The fraction of sp³-hybridized carbons (Fsp3) is 0.250. The molecule has 0 heterocycles. The van der Waals surface area contributed by atoms with E-state index in [4.69, 9.17) is 11.6 Å². The minimum atomic E-state index is 0.0434. The molecule has 0 aliphatic carbocycles. The number of hydrogen-bond acceptors (Lipinski definition) is 0. The second kappa shape index (κ2) is 6.07. The molecule has 0 radical (unpaired) electrons. The van der Waals surface area contributed by atoms with E-state index >= 15 is 0 Å². The van der Waals surface area contributed by atoms with Crippen LogP contribution in [0, 0.1) is 17.4 Å². The maximum absolute atomic E-state index is 6.50. The molecule has 2 aromatic carbocycles. The Morgan fingerprint density at radius 2 is 1.83 bits per heavy atom. The van der Waals surface area contributed by atoms with Crippen molar-refractivity contribution in [2.45, 2.75) is 25.6 Å². The molecule has 0 bridgehead atoms. The first-order valence-electron chi connectivity index (χ1n) is 6.02. The highest BCUT2D eigenvalue weighted by Gasteiger charge is 2.09. The van der Waals surface area contributed by atoms with E-state index in [1.165, 1.54) is 25.8 Å². The molecule has 94 valence electrons. The number of rotatable bonds is 3. The summed E-state index contributed by atoms with van der Waals surface area (Å²) >= 11 is 8.82. The number of aryl methyl sites for hydroxylation is 2. The molecule has 1 unspecified atom stereocenters. The van der Waals surface area contributed by atoms with Gasteiger partial charge in [-0.25, -0.2) is 0 Å². The van der Waals surface area contributed by atoms with Gasteiger partial charge in [0.25, 0.3) is 0 Å². The number of halogens is 2. The van der Waals surface area contributed by atoms with Gasteiger partial charge in [-0.2, -0.15) is 0 Å². The fourth-order valence-electron chi connectivity index (χ4n) is 1.96. The van der Waals surface area contributed by atoms with E-state index < -0.39 is 0 Å². The van der Waals surface area contributed by atoms with Crippen LogP contribution >= 0.6 is 34.2 Å². The predicted molar refractivity (Wildman–Crippen MR) is 87.4 cm³/mol. The summed E-state index contributed by atoms with van der Waals surface area (Å²) in [6.45, 7) is 4.28. The summed E-state index contributed by atoms with van der Waals surface area (Å²) in [5, 5.41) is 0.0434. The third-order valence-corrected chi connectivity index (χ3v) is 4.27. The van der Waals surface area contributed by atoms with Gasteiger partial charge in [0.1, 0.15) is 0 Å². The molecule has 0 N–H and O–H groups in total. The van der Waals surface area contributed by atoms with E-state index in [-0.39, 0.29) is 5.38 Å². The van der Waals surface area contributed by atoms with Crippen LogP contribution in [0.1, 0.15) is 27.6 Å². The maximum atomic E-state index is 6.50. The van der Waals surface area contributed by atoms with Crippen LogP contribution in [-0.4, -0.2) is 0 Å². The summed E-state index contributed by atoms with van der Waals surface area (Å²) in [5.41, 5.74) is 5.16. The Morgan fingerprint density at radius 3 is 2.50 bits per heavy atom. The van der Waals surface area contributed by atoms with Gasteiger partial charge in [0.05, 0.1) is 5.38 Å². The highest BCUT2D eigenvalue weighted by atomic mass is 127. The van der Waals surface area contributed by atoms with Gasteiger partial charge in [0.2, 0.25) is 0 Å². The zero-order valence-corrected chi connectivity index (χ0v) is 13.5. The maximum Gasteiger partial charge on any atom is 0.0625 e. The van der Waals surface area contributed by atoms with Crippen LogP contribution in [-0.2, 0) is 6.42 Å². The highest BCUT2D eigenvalue weighted by Crippen LogP contribution is 2.26. The molecular weight excluding hydrogens is 355 g/mol. The molecule has 0 amide bonds. The molecule has 0 fully saturated rings. The van der Waals surface area contributed by atoms with Crippen molar-refractivity contribution in [3.63, 3.8) is 0 Å². The average molecular weight is 371 g/mol. The van der Waals surface area contributed by atoms with Gasteiger partial charge < -0.3 is 0 Å². The summed E-state index contributed by atoms with van der Waals surface area (Å²) in [6, 6.07) is 15.0. The van der Waals surface area contributed by atoms with Gasteiger partial charge >= 0.3 is 0 Å². The first-order valence-corrected chi connectivity index (χ1v) is 7.53. The minimum absolute atomic E-state index is 0.0434. The van der Waals surface area contributed by atoms with Crippen molar-refractivity contribution in [3.05, 3.63) is 68.3 Å². The third-order valence-electron chi connectivity index (χ3n) is 3.20. The van der Waals surface area contributed by atoms with E-state index in [0.29, 0.717) is 0 Å². The van der Waals surface area contributed by atoms with Crippen LogP contribution < -0.4 is 0 Å². The van der Waals surface area contributed by atoms with Gasteiger partial charge in [-0.1, -0.05) is 30.3 Å². The van der Waals surface area contributed by atoms with Crippen molar-refractivity contribution in [1.82, 2.24) is 0 Å². The monoisotopic (exact) mass is 370 g/mol. The van der Waals surface area contributed by atoms with Crippen molar-refractivity contribution in [1.29, 1.82) is 0 Å². The average Bonchev–Trinajstić information content (AvgIpc) is 2.34. The lowest BCUT2D eigenvalue weighted by molar-refractivity contribution is 0.916. The largest absolute Gasteiger partial charge is 0.117 e. The van der Waals surface area contributed by atoms with Crippen LogP contribution in [0.4, 0.5) is 0 Å². The summed E-state index contributed by atoms with van der Waals surface area (Å²) in [4.78, 5) is 0. The molecule has 2 aromatic rings. The molecule has 0 aliphatic heterocycles. The molecular formula is C16H16ClI. The van der Waals surface area contributed by atoms with Gasteiger partial charge in [0, 0.05) is 3.57 Å². The zero-order valence-electron chi connectivity index (χ0n) is 10.6. The second-order valence-electron chi connectivity index (χ2n) is 4.65. The van der Waals surface area contributed by atoms with Crippen molar-refractivity contribution < 1.29 is 0 Å². The van der Waals surface area contributed by atoms with Crippen LogP contribution in [0.15, 0.2) is 42.5 Å². The van der Waals surface area contributed by atoms with Crippen molar-refractivity contribution in [2.24, 2.45) is 0 Å². The van der Waals surface area contributed by atoms with Crippen LogP contribution in [0.2, 0.25) is 0 Å². The molecule has 1 atom stereocenters. The predicted octanol–water partition coefficient (Wildman–Crippen LogP) is 5.43. The third kappa shape index (κ3) is 3.48. The molecule has 18 heavy (non-hydrogen) atoms. The molecule has 0 saturated carbocycles. The lowest BCUT2D eigenvalue weighted by Crippen LogP contribution is -1.97. The zero-order chi connectivity index (χ0) is 13.1. The SMILES string of the molecule is Cc1ccc(CC(Cl)c2cccc(I)c2)cc1C. The summed E-state index contributed by atoms with van der Waals surface area (Å²) in [6.07, 6.45) is 0.878. The van der Waals surface area contributed by atoms with E-state index in [2.05, 4.69) is 78.9 Å². The standard InChI is InChI=1S/C16H16ClI/c1-11-6-7-13(8-12(11)2)9-16(17)14-4-3-5-15(18)10-14/h3-8,10,16H,9H2,1-2H3. The first-order chi connectivity index (χ1) is 8.56. The van der Waals surface area contributed by atoms with Crippen LogP contribution in [0.5, 0.6) is 0 Å². The van der Waals surface area contributed by atoms with E-state index in [0.717, 1.165) is 6.42 Å². The Balaban J connectivity index is 2.16. The van der Waals surface area contributed by atoms with Gasteiger partial charge in [0.15, 0.2) is 0 Å². The van der Waals surface area contributed by atoms with Crippen molar-refractivity contribution in [2.75, 3.05) is 0 Å². The molecule has 2 rings (SSSR count). The second-order valence-corrected chi connectivity index (χ2v) is 6.42. The van der Waals surface area contributed by atoms with Gasteiger partial charge in [-0.15, -0.1) is 11.6 Å². The molecule has 0 nitrogen and oxygen atoms in total. The number of benzene rings is 2. The Morgan fingerprint density at radius 1 is 1.06 bits per heavy atom. The van der Waals surface area contributed by atoms with E-state index in [1.807, 2.05) is 0 Å². The lowest BCUT2D eigenvalue weighted by atomic mass is 10.0. The molecule has 0 aliphatic rings. The Bertz CT molecular complexity index is 549. The first kappa shape index (κ1) is 13.9. The molecule has 2 heteroatoms. The van der Waals surface area contributed by atoms with Gasteiger partial charge in [-0.05, 0) is 77.2 Å². The van der Waals surface area contributed by atoms with Crippen LogP contribution in [0.3, 0.4) is 0 Å². The summed E-state index contributed by atoms with van der Waals surface area (Å²) in [7, 11) is 0. The number of hydrogen-bond donors (Lipinski definition) is 0. The fourth-order valence-corrected chi connectivity index (χ4v) is 2.84. The topological polar surface area (TPSA) is 0 Å². The van der Waals surface area contributed by atoms with Crippen molar-refractivity contribution >= 4 is 34.2 Å². The van der Waals surface area contributed by atoms with E-state index in [1.54, 1.807) is 0 Å². The Labute approximate surface area is 128 Å². The van der Waals surface area contributed by atoms with Gasteiger partial charge in [-0.3, -0.25) is 0 Å². The quantitative estimate of drug-likeness (QED) is 0.499. The Hall–Kier alpha value is -0.540. The van der Waals surface area contributed by atoms with Crippen LogP contribution in [0.25, 0.3) is 0 Å². The van der Waals surface area contributed by atoms with Crippen molar-refractivity contribution in [3.8, 4) is 0 Å². The Kier molecular flexibility index (Phi) is 4.68. The normalized spacial score (nSPS) is 12.4. The highest BCUT2D eigenvalue weighted by molar-refractivity contribution is 14.1. The smallest absolute Gasteiger partial charge is 0.0625 e. The minimum Gasteiger partial charge on any atom is -0.117 e. The van der Waals surface area contributed by atoms with E-state index in [9.17, 15) is 0 Å². The lowest BCUT2D eigenvalue weighted by Gasteiger charge is -2.11.